The minimum atomic E-state index is -0.245. The van der Waals surface area contributed by atoms with Crippen molar-refractivity contribution in [2.24, 2.45) is 5.73 Å². The van der Waals surface area contributed by atoms with E-state index in [1.54, 1.807) is 0 Å². The van der Waals surface area contributed by atoms with Gasteiger partial charge in [0.05, 0.1) is 0 Å². The van der Waals surface area contributed by atoms with Crippen molar-refractivity contribution in [2.75, 3.05) is 25.5 Å². The first kappa shape index (κ1) is 14.2. The fourth-order valence-corrected chi connectivity index (χ4v) is 3.36. The Hall–Kier alpha value is -1.18. The normalized spacial score (nSPS) is 10.7. The van der Waals surface area contributed by atoms with Crippen LogP contribution in [0.15, 0.2) is 27.4 Å². The van der Waals surface area contributed by atoms with Crippen molar-refractivity contribution < 1.29 is 4.39 Å². The van der Waals surface area contributed by atoms with Gasteiger partial charge in [-0.15, -0.1) is 10.2 Å². The first-order valence-electron chi connectivity index (χ1n) is 5.76. The lowest BCUT2D eigenvalue weighted by atomic mass is 10.1. The maximum absolute atomic E-state index is 13.5. The molecule has 0 fully saturated rings. The van der Waals surface area contributed by atoms with Gasteiger partial charge in [0.2, 0.25) is 5.13 Å². The zero-order valence-corrected chi connectivity index (χ0v) is 12.4. The molecule has 0 saturated carbocycles. The largest absolute Gasteiger partial charge is 0.353 e. The fourth-order valence-electron chi connectivity index (χ4n) is 1.52. The molecule has 4 nitrogen and oxygen atoms in total. The third kappa shape index (κ3) is 3.89. The van der Waals surface area contributed by atoms with Crippen molar-refractivity contribution >= 4 is 28.2 Å². The summed E-state index contributed by atoms with van der Waals surface area (Å²) in [6.45, 7) is 0.511. The summed E-state index contributed by atoms with van der Waals surface area (Å²) in [5, 5.41) is 8.97. The summed E-state index contributed by atoms with van der Waals surface area (Å²) in [7, 11) is 3.83. The van der Waals surface area contributed by atoms with Crippen LogP contribution in [0, 0.1) is 5.82 Å². The Labute approximate surface area is 119 Å². The Bertz CT molecular complexity index is 556. The molecule has 0 atom stereocenters. The van der Waals surface area contributed by atoms with Crippen molar-refractivity contribution in [3.05, 3.63) is 29.6 Å². The minimum Gasteiger partial charge on any atom is -0.353 e. The number of rotatable bonds is 5. The molecule has 7 heteroatoms. The average molecular weight is 298 g/mol. The lowest BCUT2D eigenvalue weighted by Crippen LogP contribution is -2.07. The highest BCUT2D eigenvalue weighted by molar-refractivity contribution is 8.01. The number of nitrogens with two attached hydrogens (primary N) is 1. The van der Waals surface area contributed by atoms with Crippen LogP contribution in [0.25, 0.3) is 0 Å². The fraction of sp³-hybridized carbons (Fsp3) is 0.333. The van der Waals surface area contributed by atoms with Gasteiger partial charge in [-0.1, -0.05) is 23.1 Å². The number of anilines is 1. The van der Waals surface area contributed by atoms with E-state index < -0.39 is 0 Å². The summed E-state index contributed by atoms with van der Waals surface area (Å²) in [5.41, 5.74) is 6.40. The van der Waals surface area contributed by atoms with Gasteiger partial charge in [-0.3, -0.25) is 0 Å². The Kier molecular flexibility index (Phi) is 4.73. The van der Waals surface area contributed by atoms with Crippen LogP contribution >= 0.6 is 23.1 Å². The Morgan fingerprint density at radius 1 is 1.32 bits per heavy atom. The van der Waals surface area contributed by atoms with Gasteiger partial charge in [-0.2, -0.15) is 0 Å². The topological polar surface area (TPSA) is 55.0 Å². The highest BCUT2D eigenvalue weighted by Gasteiger charge is 2.09. The third-order valence-electron chi connectivity index (χ3n) is 2.35. The van der Waals surface area contributed by atoms with E-state index in [0.717, 1.165) is 19.9 Å². The molecule has 2 N–H and O–H groups in total. The highest BCUT2D eigenvalue weighted by Crippen LogP contribution is 2.33. The molecule has 0 spiro atoms. The number of hydrogen-bond donors (Lipinski definition) is 1. The van der Waals surface area contributed by atoms with Crippen molar-refractivity contribution in [2.45, 2.75) is 15.7 Å². The standard InChI is InChI=1S/C12H15FN4S2/c1-17(2)11-15-16-12(19-11)18-10-6-8(3-4-14)5-9(13)7-10/h5-7H,3-4,14H2,1-2H3. The Morgan fingerprint density at radius 2 is 2.11 bits per heavy atom. The molecule has 2 rings (SSSR count). The minimum absolute atomic E-state index is 0.245. The Morgan fingerprint density at radius 3 is 2.74 bits per heavy atom. The van der Waals surface area contributed by atoms with Crippen LogP contribution in [0.2, 0.25) is 0 Å². The van der Waals surface area contributed by atoms with E-state index in [2.05, 4.69) is 10.2 Å². The Balaban J connectivity index is 2.17. The second-order valence-electron chi connectivity index (χ2n) is 4.18. The number of aromatic nitrogens is 2. The van der Waals surface area contributed by atoms with Crippen molar-refractivity contribution in [3.63, 3.8) is 0 Å². The van der Waals surface area contributed by atoms with E-state index in [4.69, 9.17) is 5.73 Å². The molecule has 2 aromatic rings. The molecule has 1 aromatic carbocycles. The van der Waals surface area contributed by atoms with E-state index in [1.165, 1.54) is 35.2 Å². The van der Waals surface area contributed by atoms with E-state index in [0.29, 0.717) is 13.0 Å². The quantitative estimate of drug-likeness (QED) is 0.918. The number of benzene rings is 1. The molecule has 102 valence electrons. The monoisotopic (exact) mass is 298 g/mol. The van der Waals surface area contributed by atoms with Gasteiger partial charge in [-0.05, 0) is 36.7 Å². The lowest BCUT2D eigenvalue weighted by Gasteiger charge is -2.04. The van der Waals surface area contributed by atoms with Crippen LogP contribution in [-0.2, 0) is 6.42 Å². The van der Waals surface area contributed by atoms with Crippen LogP contribution in [0.4, 0.5) is 9.52 Å². The van der Waals surface area contributed by atoms with E-state index in [9.17, 15) is 4.39 Å². The summed E-state index contributed by atoms with van der Waals surface area (Å²) in [4.78, 5) is 2.72. The van der Waals surface area contributed by atoms with Crippen LogP contribution in [0.3, 0.4) is 0 Å². The van der Waals surface area contributed by atoms with Gasteiger partial charge in [0.1, 0.15) is 5.82 Å². The van der Waals surface area contributed by atoms with E-state index >= 15 is 0 Å². The van der Waals surface area contributed by atoms with Crippen LogP contribution in [0.5, 0.6) is 0 Å². The van der Waals surface area contributed by atoms with Crippen molar-refractivity contribution in [1.82, 2.24) is 10.2 Å². The van der Waals surface area contributed by atoms with Gasteiger partial charge in [0, 0.05) is 19.0 Å². The molecule has 0 aliphatic heterocycles. The zero-order chi connectivity index (χ0) is 13.8. The second-order valence-corrected chi connectivity index (χ2v) is 6.46. The summed E-state index contributed by atoms with van der Waals surface area (Å²) in [6.07, 6.45) is 0.671. The molecule has 0 saturated heterocycles. The highest BCUT2D eigenvalue weighted by atomic mass is 32.2. The molecule has 0 amide bonds. The SMILES string of the molecule is CN(C)c1nnc(Sc2cc(F)cc(CCN)c2)s1. The van der Waals surface area contributed by atoms with Gasteiger partial charge in [-0.25, -0.2) is 4.39 Å². The molecule has 1 heterocycles. The van der Waals surface area contributed by atoms with Crippen LogP contribution in [0.1, 0.15) is 5.56 Å². The second kappa shape index (κ2) is 6.31. The smallest absolute Gasteiger partial charge is 0.208 e. The summed E-state index contributed by atoms with van der Waals surface area (Å²) in [5.74, 6) is -0.245. The third-order valence-corrected chi connectivity index (χ3v) is 4.46. The first-order chi connectivity index (χ1) is 9.08. The molecular formula is C12H15FN4S2. The first-order valence-corrected chi connectivity index (χ1v) is 7.40. The number of nitrogens with zero attached hydrogens (tertiary/aromatic N) is 3. The van der Waals surface area contributed by atoms with E-state index in [1.807, 2.05) is 25.1 Å². The average Bonchev–Trinajstić information content (AvgIpc) is 2.77. The molecule has 19 heavy (non-hydrogen) atoms. The molecule has 0 aliphatic rings. The van der Waals surface area contributed by atoms with Gasteiger partial charge >= 0.3 is 0 Å². The summed E-state index contributed by atoms with van der Waals surface area (Å²) >= 11 is 2.90. The number of hydrogen-bond acceptors (Lipinski definition) is 6. The van der Waals surface area contributed by atoms with Gasteiger partial charge in [0.25, 0.3) is 0 Å². The maximum atomic E-state index is 13.5. The van der Waals surface area contributed by atoms with Crippen molar-refractivity contribution in [3.8, 4) is 0 Å². The van der Waals surface area contributed by atoms with Crippen LogP contribution in [-0.4, -0.2) is 30.8 Å². The predicted octanol–water partition coefficient (Wildman–Crippen LogP) is 2.40. The summed E-state index contributed by atoms with van der Waals surface area (Å²) in [6, 6.07) is 4.96. The lowest BCUT2D eigenvalue weighted by molar-refractivity contribution is 0.621. The molecule has 0 radical (unpaired) electrons. The molecule has 1 aromatic heterocycles. The van der Waals surface area contributed by atoms with Crippen molar-refractivity contribution in [1.29, 1.82) is 0 Å². The predicted molar refractivity (Wildman–Crippen MR) is 77.5 cm³/mol. The maximum Gasteiger partial charge on any atom is 0.208 e. The zero-order valence-electron chi connectivity index (χ0n) is 10.8. The van der Waals surface area contributed by atoms with Crippen LogP contribution < -0.4 is 10.6 Å². The number of halogens is 1. The van der Waals surface area contributed by atoms with Gasteiger partial charge in [0.15, 0.2) is 4.34 Å². The molecule has 0 aliphatic carbocycles. The molecule has 0 unspecified atom stereocenters. The summed E-state index contributed by atoms with van der Waals surface area (Å²) < 4.78 is 14.3. The van der Waals surface area contributed by atoms with Gasteiger partial charge < -0.3 is 10.6 Å². The molecule has 0 bridgehead atoms. The molecular weight excluding hydrogens is 283 g/mol. The van der Waals surface area contributed by atoms with E-state index in [-0.39, 0.29) is 5.82 Å².